The molecule has 2 atom stereocenters. The highest BCUT2D eigenvalue weighted by Crippen LogP contribution is 2.64. The van der Waals surface area contributed by atoms with Crippen LogP contribution >= 0.6 is 11.8 Å². The second-order valence-corrected chi connectivity index (χ2v) is 9.88. The molecule has 3 aromatic rings. The van der Waals surface area contributed by atoms with E-state index in [0.717, 1.165) is 47.9 Å². The minimum atomic E-state index is -0.476. The zero-order valence-electron chi connectivity index (χ0n) is 18.1. The third-order valence-corrected chi connectivity index (χ3v) is 7.92. The van der Waals surface area contributed by atoms with Crippen molar-refractivity contribution < 1.29 is 4.81 Å². The molecule has 0 N–H and O–H groups in total. The van der Waals surface area contributed by atoms with E-state index < -0.39 is 5.66 Å². The summed E-state index contributed by atoms with van der Waals surface area (Å²) in [6, 6.07) is 29.2. The van der Waals surface area contributed by atoms with Crippen LogP contribution in [0.3, 0.4) is 0 Å². The molecular weight excluding hydrogens is 414 g/mol. The van der Waals surface area contributed by atoms with Gasteiger partial charge in [-0.2, -0.15) is 10.5 Å². The normalized spacial score (nSPS) is 27.6. The number of amidine groups is 1. The number of nitrogens with zero attached hydrogens (tertiary/aromatic N) is 5. The van der Waals surface area contributed by atoms with E-state index in [9.17, 15) is 0 Å². The summed E-state index contributed by atoms with van der Waals surface area (Å²) in [4.78, 5) is 8.97. The van der Waals surface area contributed by atoms with Crippen molar-refractivity contribution in [2.45, 2.75) is 43.1 Å². The molecule has 1 aliphatic carbocycles. The van der Waals surface area contributed by atoms with E-state index in [4.69, 9.17) is 15.5 Å². The van der Waals surface area contributed by atoms with Gasteiger partial charge in [0.2, 0.25) is 5.69 Å². The van der Waals surface area contributed by atoms with Gasteiger partial charge in [-0.25, -0.2) is 4.99 Å². The van der Waals surface area contributed by atoms with E-state index in [2.05, 4.69) is 78.6 Å². The van der Waals surface area contributed by atoms with Crippen LogP contribution in [0.2, 0.25) is 0 Å². The number of azo groups is 1. The lowest BCUT2D eigenvalue weighted by Gasteiger charge is -2.46. The standard InChI is InChI=1S/C26H25N5S/c1-20-14-16-21(17-15-20)27-24-30(22-10-4-2-5-11-22)25-18-8-9-19-26(25,32-24)29-31(28-25)23-12-6-3-7-13-23/h2-7,10-17H,8-9,18-19H2,1H3/t25-,26+/m0/s1. The summed E-state index contributed by atoms with van der Waals surface area (Å²) in [6.07, 6.45) is 4.22. The number of hydrogen-bond donors (Lipinski definition) is 0. The molecule has 2 aliphatic heterocycles. The first kappa shape index (κ1) is 19.6. The fourth-order valence-corrected chi connectivity index (χ4v) is 6.50. The van der Waals surface area contributed by atoms with Crippen molar-refractivity contribution in [3.05, 3.63) is 95.9 Å². The van der Waals surface area contributed by atoms with Crippen LogP contribution in [0.5, 0.6) is 0 Å². The van der Waals surface area contributed by atoms with Gasteiger partial charge < -0.3 is 4.90 Å². The maximum atomic E-state index is 5.32. The minimum absolute atomic E-state index is 0.375. The second-order valence-electron chi connectivity index (χ2n) is 8.64. The summed E-state index contributed by atoms with van der Waals surface area (Å²) in [5.41, 5.74) is 9.10. The summed E-state index contributed by atoms with van der Waals surface area (Å²) < 4.78 is 0. The molecule has 0 aromatic heterocycles. The molecule has 0 radical (unpaired) electrons. The predicted molar refractivity (Wildman–Crippen MR) is 131 cm³/mol. The zero-order chi connectivity index (χ0) is 21.6. The van der Waals surface area contributed by atoms with Crippen molar-refractivity contribution in [3.8, 4) is 0 Å². The highest BCUT2D eigenvalue weighted by molar-refractivity contribution is 8.16. The van der Waals surface area contributed by atoms with Gasteiger partial charge in [0.1, 0.15) is 10.5 Å². The van der Waals surface area contributed by atoms with Gasteiger partial charge in [-0.1, -0.05) is 78.7 Å². The van der Waals surface area contributed by atoms with E-state index in [1.165, 1.54) is 5.56 Å². The number of rotatable bonds is 3. The van der Waals surface area contributed by atoms with Crippen LogP contribution in [0.1, 0.15) is 31.2 Å². The topological polar surface area (TPSA) is 45.1 Å². The Kier molecular flexibility index (Phi) is 4.57. The van der Waals surface area contributed by atoms with Crippen molar-refractivity contribution in [2.24, 2.45) is 10.1 Å². The lowest BCUT2D eigenvalue weighted by Crippen LogP contribution is -2.55. The van der Waals surface area contributed by atoms with Gasteiger partial charge in [0.25, 0.3) is 0 Å². The molecule has 3 aliphatic rings. The van der Waals surface area contributed by atoms with Gasteiger partial charge in [0.15, 0.2) is 5.17 Å². The van der Waals surface area contributed by atoms with Crippen LogP contribution in [0.4, 0.5) is 17.1 Å². The van der Waals surface area contributed by atoms with E-state index >= 15 is 0 Å². The van der Waals surface area contributed by atoms with Crippen LogP contribution < -0.4 is 4.90 Å². The van der Waals surface area contributed by atoms with Crippen molar-refractivity contribution in [2.75, 3.05) is 4.90 Å². The summed E-state index contributed by atoms with van der Waals surface area (Å²) in [7, 11) is 0. The number of aliphatic imine (C=N–C) groups is 1. The third kappa shape index (κ3) is 2.97. The number of benzene rings is 3. The first-order valence-electron chi connectivity index (χ1n) is 11.2. The smallest absolute Gasteiger partial charge is 0.225 e. The lowest BCUT2D eigenvalue weighted by atomic mass is 9.83. The van der Waals surface area contributed by atoms with Crippen molar-refractivity contribution in [1.82, 2.24) is 0 Å². The maximum absolute atomic E-state index is 5.32. The van der Waals surface area contributed by atoms with Gasteiger partial charge in [-0.3, -0.25) is 0 Å². The molecule has 0 unspecified atom stereocenters. The zero-order valence-corrected chi connectivity index (χ0v) is 18.9. The molecule has 1 saturated heterocycles. The average molecular weight is 440 g/mol. The van der Waals surface area contributed by atoms with E-state index in [0.29, 0.717) is 0 Å². The van der Waals surface area contributed by atoms with E-state index in [-0.39, 0.29) is 4.87 Å². The number of anilines is 1. The minimum Gasteiger partial charge on any atom is -0.308 e. The molecule has 6 heteroatoms. The number of thioether (sulfide) groups is 1. The molecule has 0 bridgehead atoms. The van der Waals surface area contributed by atoms with Gasteiger partial charge in [-0.05, 0) is 44.0 Å². The van der Waals surface area contributed by atoms with Crippen LogP contribution in [0.25, 0.3) is 5.43 Å². The Morgan fingerprint density at radius 2 is 1.59 bits per heavy atom. The molecule has 5 nitrogen and oxygen atoms in total. The van der Waals surface area contributed by atoms with Crippen LogP contribution in [0, 0.1) is 6.92 Å². The van der Waals surface area contributed by atoms with Gasteiger partial charge in [-0.15, -0.1) is 4.81 Å². The summed E-state index contributed by atoms with van der Waals surface area (Å²) in [6.45, 7) is 2.10. The number of hydrogen-bond acceptors (Lipinski definition) is 3. The molecule has 1 saturated carbocycles. The predicted octanol–water partition coefficient (Wildman–Crippen LogP) is 7.30. The molecule has 0 spiro atoms. The number of para-hydroxylation sites is 2. The highest BCUT2D eigenvalue weighted by Gasteiger charge is 2.66. The Bertz CT molecular complexity index is 1190. The molecular formula is C26H25N5S. The van der Waals surface area contributed by atoms with Crippen LogP contribution in [0.15, 0.2) is 95.0 Å². The third-order valence-electron chi connectivity index (χ3n) is 6.51. The highest BCUT2D eigenvalue weighted by atomic mass is 32.2. The van der Waals surface area contributed by atoms with E-state index in [1.54, 1.807) is 11.8 Å². The second kappa shape index (κ2) is 7.48. The first-order valence-corrected chi connectivity index (χ1v) is 12.0. The molecule has 6 rings (SSSR count). The SMILES string of the molecule is Cc1ccc(N=C2S[C@]34CCCC[C@]3(N=[N+](c3ccccc3)[N-]4)N2c2ccccc2)cc1. The van der Waals surface area contributed by atoms with Crippen molar-refractivity contribution >= 4 is 34.0 Å². The van der Waals surface area contributed by atoms with Crippen molar-refractivity contribution in [1.29, 1.82) is 0 Å². The molecule has 0 amide bonds. The molecule has 3 aromatic carbocycles. The molecule has 2 heterocycles. The first-order chi connectivity index (χ1) is 15.7. The van der Waals surface area contributed by atoms with E-state index in [1.807, 2.05) is 23.0 Å². The Hall–Kier alpha value is -3.12. The molecule has 32 heavy (non-hydrogen) atoms. The lowest BCUT2D eigenvalue weighted by molar-refractivity contribution is -0.455. The fourth-order valence-electron chi connectivity index (χ4n) is 4.94. The van der Waals surface area contributed by atoms with Gasteiger partial charge in [0, 0.05) is 17.8 Å². The summed E-state index contributed by atoms with van der Waals surface area (Å²) in [5, 5.41) is 6.29. The average Bonchev–Trinajstić information content (AvgIpc) is 3.31. The molecule has 160 valence electrons. The fraction of sp³-hybridized carbons (Fsp3) is 0.269. The van der Waals surface area contributed by atoms with Gasteiger partial charge >= 0.3 is 0 Å². The van der Waals surface area contributed by atoms with Crippen LogP contribution in [-0.4, -0.2) is 20.5 Å². The van der Waals surface area contributed by atoms with Gasteiger partial charge in [0.05, 0.1) is 5.69 Å². The Morgan fingerprint density at radius 1 is 0.906 bits per heavy atom. The Labute approximate surface area is 192 Å². The summed E-state index contributed by atoms with van der Waals surface area (Å²) in [5.74, 6) is 0. The molecule has 2 fully saturated rings. The van der Waals surface area contributed by atoms with Crippen molar-refractivity contribution in [3.63, 3.8) is 0 Å². The van der Waals surface area contributed by atoms with Crippen LogP contribution in [-0.2, 0) is 0 Å². The maximum Gasteiger partial charge on any atom is 0.225 e. The largest absolute Gasteiger partial charge is 0.308 e. The Balaban J connectivity index is 1.53. The number of aryl methyl sites for hydroxylation is 1. The monoisotopic (exact) mass is 439 g/mol. The Morgan fingerprint density at radius 3 is 2.34 bits per heavy atom. The quantitative estimate of drug-likeness (QED) is 0.402. The summed E-state index contributed by atoms with van der Waals surface area (Å²) >= 11 is 1.78.